The summed E-state index contributed by atoms with van der Waals surface area (Å²) in [6.07, 6.45) is 0. The molecule has 1 aromatic carbocycles. The zero-order chi connectivity index (χ0) is 10.8. The second-order valence-corrected chi connectivity index (χ2v) is 5.60. The molecule has 0 fully saturated rings. The van der Waals surface area contributed by atoms with Gasteiger partial charge in [-0.2, -0.15) is 8.42 Å². The molecule has 3 N–H and O–H groups in total. The van der Waals surface area contributed by atoms with Crippen LogP contribution in [0.5, 0.6) is 0 Å². The van der Waals surface area contributed by atoms with Crippen molar-refractivity contribution >= 4 is 25.9 Å². The van der Waals surface area contributed by atoms with Gasteiger partial charge in [0.15, 0.2) is 0 Å². The molecule has 0 atom stereocenters. The third kappa shape index (κ3) is 3.02. The second-order valence-electron chi connectivity index (χ2n) is 2.37. The Hall–Kier alpha value is -1.05. The molecular formula is C7H7NO4S2. The first-order chi connectivity index (χ1) is 6.40. The number of primary amides is 1. The minimum Gasteiger partial charge on any atom is -0.366 e. The summed E-state index contributed by atoms with van der Waals surface area (Å²) in [6.45, 7) is 0. The van der Waals surface area contributed by atoms with Gasteiger partial charge in [-0.15, -0.1) is 0 Å². The molecule has 0 radical (unpaired) electrons. The number of amides is 1. The zero-order valence-corrected chi connectivity index (χ0v) is 8.51. The van der Waals surface area contributed by atoms with E-state index in [1.54, 1.807) is 12.1 Å². The predicted octanol–water partition coefficient (Wildman–Crippen LogP) is 0.680. The quantitative estimate of drug-likeness (QED) is 0.591. The SMILES string of the molecule is NC(=O)c1ccccc1SS(=O)(=O)O. The molecule has 0 saturated heterocycles. The number of hydrogen-bond acceptors (Lipinski definition) is 4. The average molecular weight is 233 g/mol. The van der Waals surface area contributed by atoms with Gasteiger partial charge in [0.2, 0.25) is 5.91 Å². The minimum absolute atomic E-state index is 0.0649. The van der Waals surface area contributed by atoms with Gasteiger partial charge in [-0.1, -0.05) is 12.1 Å². The molecule has 1 amide bonds. The Morgan fingerprint density at radius 2 is 1.93 bits per heavy atom. The Labute approximate surface area is 84.4 Å². The van der Waals surface area contributed by atoms with Crippen LogP contribution in [0.3, 0.4) is 0 Å². The maximum absolute atomic E-state index is 10.8. The number of hydrogen-bond donors (Lipinski definition) is 2. The third-order valence-electron chi connectivity index (χ3n) is 1.35. The molecule has 76 valence electrons. The van der Waals surface area contributed by atoms with Gasteiger partial charge in [0.25, 0.3) is 0 Å². The van der Waals surface area contributed by atoms with E-state index in [0.717, 1.165) is 0 Å². The minimum atomic E-state index is -4.22. The van der Waals surface area contributed by atoms with Gasteiger partial charge in [-0.05, 0) is 12.1 Å². The fourth-order valence-corrected chi connectivity index (χ4v) is 2.59. The van der Waals surface area contributed by atoms with Crippen molar-refractivity contribution in [1.29, 1.82) is 0 Å². The topological polar surface area (TPSA) is 97.5 Å². The number of carbonyl (C=O) groups is 1. The van der Waals surface area contributed by atoms with Crippen LogP contribution in [0, 0.1) is 0 Å². The van der Waals surface area contributed by atoms with Crippen LogP contribution in [0.25, 0.3) is 0 Å². The van der Waals surface area contributed by atoms with E-state index in [-0.39, 0.29) is 21.3 Å². The van der Waals surface area contributed by atoms with Crippen molar-refractivity contribution in [3.63, 3.8) is 0 Å². The summed E-state index contributed by atoms with van der Waals surface area (Å²) in [5.41, 5.74) is 5.07. The highest BCUT2D eigenvalue weighted by Gasteiger charge is 2.14. The summed E-state index contributed by atoms with van der Waals surface area (Å²) < 4.78 is 29.6. The first kappa shape index (κ1) is 11.0. The molecule has 0 spiro atoms. The Balaban J connectivity index is 3.15. The molecule has 0 saturated carbocycles. The summed E-state index contributed by atoms with van der Waals surface area (Å²) in [6, 6.07) is 5.86. The van der Waals surface area contributed by atoms with Crippen molar-refractivity contribution < 1.29 is 17.8 Å². The van der Waals surface area contributed by atoms with Gasteiger partial charge in [0, 0.05) is 15.7 Å². The van der Waals surface area contributed by atoms with Crippen LogP contribution >= 0.6 is 10.8 Å². The monoisotopic (exact) mass is 233 g/mol. The lowest BCUT2D eigenvalue weighted by atomic mass is 10.2. The van der Waals surface area contributed by atoms with Gasteiger partial charge in [0.05, 0.1) is 5.56 Å². The number of carbonyl (C=O) groups excluding carboxylic acids is 1. The Bertz CT molecular complexity index is 455. The van der Waals surface area contributed by atoms with E-state index in [4.69, 9.17) is 10.3 Å². The molecule has 0 aromatic heterocycles. The molecule has 0 aliphatic carbocycles. The molecule has 1 rings (SSSR count). The predicted molar refractivity (Wildman–Crippen MR) is 52.4 cm³/mol. The molecular weight excluding hydrogens is 226 g/mol. The van der Waals surface area contributed by atoms with Crippen LogP contribution in [-0.2, 0) is 9.15 Å². The van der Waals surface area contributed by atoms with Crippen LogP contribution in [0.15, 0.2) is 29.2 Å². The molecule has 0 heterocycles. The van der Waals surface area contributed by atoms with Crippen molar-refractivity contribution in [3.05, 3.63) is 29.8 Å². The van der Waals surface area contributed by atoms with E-state index in [2.05, 4.69) is 0 Å². The maximum atomic E-state index is 10.8. The summed E-state index contributed by atoms with van der Waals surface area (Å²) in [4.78, 5) is 11.0. The van der Waals surface area contributed by atoms with Crippen molar-refractivity contribution in [2.75, 3.05) is 0 Å². The van der Waals surface area contributed by atoms with Gasteiger partial charge >= 0.3 is 9.15 Å². The molecule has 0 aliphatic rings. The largest absolute Gasteiger partial charge is 0.366 e. The number of benzene rings is 1. The molecule has 0 unspecified atom stereocenters. The second kappa shape index (κ2) is 3.99. The first-order valence-corrected chi connectivity index (χ1v) is 6.23. The van der Waals surface area contributed by atoms with Gasteiger partial charge in [-0.25, -0.2) is 0 Å². The van der Waals surface area contributed by atoms with E-state index in [9.17, 15) is 13.2 Å². The number of nitrogens with two attached hydrogens (primary N) is 1. The maximum Gasteiger partial charge on any atom is 0.324 e. The normalized spacial score (nSPS) is 11.2. The summed E-state index contributed by atoms with van der Waals surface area (Å²) >= 11 is 0. The average Bonchev–Trinajstić information content (AvgIpc) is 2.01. The van der Waals surface area contributed by atoms with E-state index in [0.29, 0.717) is 0 Å². The fraction of sp³-hybridized carbons (Fsp3) is 0. The van der Waals surface area contributed by atoms with Crippen LogP contribution in [0.1, 0.15) is 10.4 Å². The van der Waals surface area contributed by atoms with E-state index < -0.39 is 15.1 Å². The molecule has 7 heteroatoms. The standard InChI is InChI=1S/C7H7NO4S2/c8-7(9)5-3-1-2-4-6(5)13-14(10,11)12/h1-4H,(H2,8,9)(H,10,11,12). The lowest BCUT2D eigenvalue weighted by Gasteiger charge is -2.02. The zero-order valence-electron chi connectivity index (χ0n) is 6.88. The fourth-order valence-electron chi connectivity index (χ4n) is 0.856. The molecule has 1 aromatic rings. The first-order valence-electron chi connectivity index (χ1n) is 3.46. The highest BCUT2D eigenvalue weighted by molar-refractivity contribution is 8.70. The van der Waals surface area contributed by atoms with Crippen LogP contribution in [0.4, 0.5) is 0 Å². The van der Waals surface area contributed by atoms with Crippen LogP contribution < -0.4 is 5.73 Å². The molecule has 5 nitrogen and oxygen atoms in total. The lowest BCUT2D eigenvalue weighted by Crippen LogP contribution is -2.12. The summed E-state index contributed by atoms with van der Waals surface area (Å²) in [5, 5.41) is 0. The third-order valence-corrected chi connectivity index (χ3v) is 3.26. The molecule has 0 aliphatic heterocycles. The van der Waals surface area contributed by atoms with E-state index >= 15 is 0 Å². The van der Waals surface area contributed by atoms with E-state index in [1.807, 2.05) is 0 Å². The van der Waals surface area contributed by atoms with E-state index in [1.165, 1.54) is 12.1 Å². The summed E-state index contributed by atoms with van der Waals surface area (Å²) in [5.74, 6) is -0.739. The molecule has 0 bridgehead atoms. The van der Waals surface area contributed by atoms with Gasteiger partial charge in [-0.3, -0.25) is 9.35 Å². The van der Waals surface area contributed by atoms with Gasteiger partial charge in [0.1, 0.15) is 0 Å². The Kier molecular flexibility index (Phi) is 3.14. The van der Waals surface area contributed by atoms with Crippen LogP contribution in [0.2, 0.25) is 0 Å². The van der Waals surface area contributed by atoms with Gasteiger partial charge < -0.3 is 5.73 Å². The Morgan fingerprint density at radius 3 is 2.43 bits per heavy atom. The number of rotatable bonds is 3. The van der Waals surface area contributed by atoms with Crippen molar-refractivity contribution in [2.24, 2.45) is 5.73 Å². The lowest BCUT2D eigenvalue weighted by molar-refractivity contribution is 0.0997. The Morgan fingerprint density at radius 1 is 1.36 bits per heavy atom. The van der Waals surface area contributed by atoms with Crippen molar-refractivity contribution in [3.8, 4) is 0 Å². The van der Waals surface area contributed by atoms with Crippen molar-refractivity contribution in [1.82, 2.24) is 0 Å². The highest BCUT2D eigenvalue weighted by atomic mass is 33.1. The molecule has 14 heavy (non-hydrogen) atoms. The smallest absolute Gasteiger partial charge is 0.324 e. The van der Waals surface area contributed by atoms with Crippen LogP contribution in [-0.4, -0.2) is 18.9 Å². The summed E-state index contributed by atoms with van der Waals surface area (Å²) in [7, 11) is -4.04. The van der Waals surface area contributed by atoms with Crippen molar-refractivity contribution in [2.45, 2.75) is 4.90 Å². The highest BCUT2D eigenvalue weighted by Crippen LogP contribution is 2.26.